The molecule has 1 spiro atoms. The summed E-state index contributed by atoms with van der Waals surface area (Å²) < 4.78 is 15.2. The summed E-state index contributed by atoms with van der Waals surface area (Å²) in [5, 5.41) is 12.1. The Morgan fingerprint density at radius 1 is 1.19 bits per heavy atom. The van der Waals surface area contributed by atoms with Crippen LogP contribution in [0.4, 0.5) is 15.8 Å². The Balaban J connectivity index is 1.43. The van der Waals surface area contributed by atoms with E-state index < -0.39 is 17.3 Å². The second kappa shape index (κ2) is 9.13. The number of thiocarbonyl (C=S) groups is 1. The zero-order valence-electron chi connectivity index (χ0n) is 19.5. The molecule has 1 aliphatic heterocycles. The van der Waals surface area contributed by atoms with Crippen LogP contribution in [0.15, 0.2) is 60.8 Å². The smallest absolute Gasteiger partial charge is 0.259 e. The summed E-state index contributed by atoms with van der Waals surface area (Å²) in [5.41, 5.74) is 1.69. The van der Waals surface area contributed by atoms with Crippen molar-refractivity contribution < 1.29 is 14.0 Å². The van der Waals surface area contributed by atoms with Gasteiger partial charge in [0, 0.05) is 12.2 Å². The lowest BCUT2D eigenvalue weighted by Gasteiger charge is -2.43. The fraction of sp³-hybridized carbons (Fsp3) is 0.222. The first-order valence-electron chi connectivity index (χ1n) is 11.5. The summed E-state index contributed by atoms with van der Waals surface area (Å²) in [5.74, 6) is -1.42. The molecule has 180 valence electrons. The predicted molar refractivity (Wildman–Crippen MR) is 137 cm³/mol. The van der Waals surface area contributed by atoms with E-state index in [9.17, 15) is 14.9 Å². The van der Waals surface area contributed by atoms with Crippen LogP contribution in [-0.4, -0.2) is 27.4 Å². The molecule has 0 radical (unpaired) electrons. The first kappa shape index (κ1) is 23.6. The molecule has 1 N–H and O–H groups in total. The Morgan fingerprint density at radius 2 is 1.94 bits per heavy atom. The number of pyridine rings is 1. The summed E-state index contributed by atoms with van der Waals surface area (Å²) in [6.45, 7) is 2.02. The number of carbonyl (C=O) groups is 2. The monoisotopic (exact) mass is 499 g/mol. The van der Waals surface area contributed by atoms with Gasteiger partial charge in [-0.15, -0.1) is 0 Å². The van der Waals surface area contributed by atoms with E-state index in [0.29, 0.717) is 29.8 Å². The number of aryl methyl sites for hydroxylation is 1. The van der Waals surface area contributed by atoms with Crippen molar-refractivity contribution in [1.82, 2.24) is 10.3 Å². The van der Waals surface area contributed by atoms with Crippen LogP contribution >= 0.6 is 12.2 Å². The molecule has 1 aromatic heterocycles. The van der Waals surface area contributed by atoms with Crippen LogP contribution in [-0.2, 0) is 11.3 Å². The largest absolute Gasteiger partial charge is 0.348 e. The predicted octanol–water partition coefficient (Wildman–Crippen LogP) is 4.39. The molecule has 1 saturated carbocycles. The molecule has 7 nitrogen and oxygen atoms in total. The van der Waals surface area contributed by atoms with Crippen LogP contribution in [0, 0.1) is 24.1 Å². The average molecular weight is 500 g/mol. The van der Waals surface area contributed by atoms with Gasteiger partial charge in [0.25, 0.3) is 11.8 Å². The van der Waals surface area contributed by atoms with Crippen LogP contribution < -0.4 is 15.1 Å². The number of halogens is 1. The summed E-state index contributed by atoms with van der Waals surface area (Å²) in [7, 11) is 0. The van der Waals surface area contributed by atoms with Crippen LogP contribution in [0.1, 0.15) is 46.4 Å². The van der Waals surface area contributed by atoms with Crippen LogP contribution in [0.5, 0.6) is 0 Å². The van der Waals surface area contributed by atoms with E-state index in [1.165, 1.54) is 23.2 Å². The summed E-state index contributed by atoms with van der Waals surface area (Å²) >= 11 is 5.72. The standard InChI is InChI=1S/C27H22FN5O2S/c1-17-12-20(16-30-23(17)14-29)32-25(35)27(10-5-11-27)33(26(32)36)19-8-9-21(22(28)13-19)24(34)31-15-18-6-3-2-4-7-18/h2-4,6-9,12-13,16H,5,10-11,15H2,1H3,(H,31,34). The molecule has 1 aliphatic carbocycles. The number of rotatable bonds is 5. The Hall–Kier alpha value is -4.16. The lowest BCUT2D eigenvalue weighted by atomic mass is 9.75. The number of hydrogen-bond acceptors (Lipinski definition) is 5. The minimum absolute atomic E-state index is 0.0856. The van der Waals surface area contributed by atoms with Crippen LogP contribution in [0.2, 0.25) is 0 Å². The molecule has 2 heterocycles. The fourth-order valence-electron chi connectivity index (χ4n) is 4.71. The Kier molecular flexibility index (Phi) is 5.98. The number of hydrogen-bond donors (Lipinski definition) is 1. The lowest BCUT2D eigenvalue weighted by molar-refractivity contribution is -0.123. The minimum atomic E-state index is -0.900. The third kappa shape index (κ3) is 3.80. The maximum absolute atomic E-state index is 15.2. The Labute approximate surface area is 213 Å². The van der Waals surface area contributed by atoms with Crippen molar-refractivity contribution in [3.05, 3.63) is 89.0 Å². The first-order valence-corrected chi connectivity index (χ1v) is 11.9. The van der Waals surface area contributed by atoms with Gasteiger partial charge in [0.05, 0.1) is 17.4 Å². The molecular formula is C27H22FN5O2S. The molecule has 0 unspecified atom stereocenters. The number of nitrogens with zero attached hydrogens (tertiary/aromatic N) is 4. The molecule has 9 heteroatoms. The average Bonchev–Trinajstić information content (AvgIpc) is 3.09. The van der Waals surface area contributed by atoms with Crippen molar-refractivity contribution in [3.63, 3.8) is 0 Å². The van der Waals surface area contributed by atoms with Crippen LogP contribution in [0.3, 0.4) is 0 Å². The SMILES string of the molecule is Cc1cc(N2C(=O)C3(CCC3)N(c3ccc(C(=O)NCc4ccccc4)c(F)c3)C2=S)cnc1C#N. The van der Waals surface area contributed by atoms with Crippen molar-refractivity contribution >= 4 is 40.5 Å². The molecule has 2 amide bonds. The minimum Gasteiger partial charge on any atom is -0.348 e. The first-order chi connectivity index (χ1) is 17.4. The van der Waals surface area contributed by atoms with E-state index in [2.05, 4.69) is 10.3 Å². The molecule has 2 aromatic carbocycles. The van der Waals surface area contributed by atoms with E-state index >= 15 is 4.39 Å². The maximum Gasteiger partial charge on any atom is 0.259 e. The van der Waals surface area contributed by atoms with Crippen molar-refractivity contribution in [2.24, 2.45) is 0 Å². The molecule has 1 saturated heterocycles. The van der Waals surface area contributed by atoms with Crippen LogP contribution in [0.25, 0.3) is 0 Å². The van der Waals surface area contributed by atoms with E-state index in [1.807, 2.05) is 36.4 Å². The molecule has 5 rings (SSSR count). The fourth-order valence-corrected chi connectivity index (χ4v) is 5.18. The molecular weight excluding hydrogens is 477 g/mol. The van der Waals surface area contributed by atoms with E-state index in [-0.39, 0.29) is 28.8 Å². The molecule has 2 fully saturated rings. The Bertz CT molecular complexity index is 1430. The van der Waals surface area contributed by atoms with Gasteiger partial charge in [0.15, 0.2) is 5.11 Å². The van der Waals surface area contributed by atoms with Gasteiger partial charge < -0.3 is 10.2 Å². The number of nitrogens with one attached hydrogen (secondary N) is 1. The van der Waals surface area contributed by atoms with E-state index in [4.69, 9.17) is 12.2 Å². The second-order valence-electron chi connectivity index (χ2n) is 8.95. The topological polar surface area (TPSA) is 89.3 Å². The van der Waals surface area contributed by atoms with E-state index in [0.717, 1.165) is 12.0 Å². The van der Waals surface area contributed by atoms with Gasteiger partial charge in [0.2, 0.25) is 0 Å². The van der Waals surface area contributed by atoms with E-state index in [1.54, 1.807) is 24.0 Å². The maximum atomic E-state index is 15.2. The zero-order chi connectivity index (χ0) is 25.4. The van der Waals surface area contributed by atoms with Gasteiger partial charge in [-0.2, -0.15) is 5.26 Å². The van der Waals surface area contributed by atoms with Gasteiger partial charge in [-0.3, -0.25) is 14.5 Å². The summed E-state index contributed by atoms with van der Waals surface area (Å²) in [6.07, 6.45) is 3.44. The summed E-state index contributed by atoms with van der Waals surface area (Å²) in [4.78, 5) is 33.5. The number of amides is 2. The van der Waals surface area contributed by atoms with Gasteiger partial charge in [-0.25, -0.2) is 9.37 Å². The van der Waals surface area contributed by atoms with Crippen molar-refractivity contribution in [1.29, 1.82) is 5.26 Å². The third-order valence-corrected chi connectivity index (χ3v) is 7.14. The molecule has 36 heavy (non-hydrogen) atoms. The number of benzene rings is 2. The zero-order valence-corrected chi connectivity index (χ0v) is 20.3. The molecule has 0 atom stereocenters. The number of anilines is 2. The highest BCUT2D eigenvalue weighted by atomic mass is 32.1. The highest BCUT2D eigenvalue weighted by Crippen LogP contribution is 2.48. The summed E-state index contributed by atoms with van der Waals surface area (Å²) in [6, 6.07) is 17.4. The number of aromatic nitrogens is 1. The van der Waals surface area contributed by atoms with Gasteiger partial charge in [-0.05, 0) is 73.8 Å². The van der Waals surface area contributed by atoms with Crippen molar-refractivity contribution in [2.45, 2.75) is 38.3 Å². The van der Waals surface area contributed by atoms with Crippen molar-refractivity contribution in [2.75, 3.05) is 9.80 Å². The lowest BCUT2D eigenvalue weighted by Crippen LogP contribution is -2.55. The molecule has 0 bridgehead atoms. The molecule has 2 aliphatic rings. The third-order valence-electron chi connectivity index (χ3n) is 6.77. The van der Waals surface area contributed by atoms with Gasteiger partial charge in [0.1, 0.15) is 23.1 Å². The van der Waals surface area contributed by atoms with Crippen molar-refractivity contribution in [3.8, 4) is 6.07 Å². The highest BCUT2D eigenvalue weighted by molar-refractivity contribution is 7.81. The normalized spacial score (nSPS) is 16.1. The van der Waals surface area contributed by atoms with Gasteiger partial charge in [-0.1, -0.05) is 30.3 Å². The number of nitriles is 1. The quantitative estimate of drug-likeness (QED) is 0.524. The number of carbonyl (C=O) groups excluding carboxylic acids is 2. The second-order valence-corrected chi connectivity index (χ2v) is 9.31. The molecule has 3 aromatic rings. The Morgan fingerprint density at radius 3 is 2.56 bits per heavy atom. The van der Waals surface area contributed by atoms with Gasteiger partial charge >= 0.3 is 0 Å². The highest BCUT2D eigenvalue weighted by Gasteiger charge is 2.59.